The summed E-state index contributed by atoms with van der Waals surface area (Å²) in [5.41, 5.74) is 5.69. The largest absolute Gasteiger partial charge is 0.330 e. The minimum Gasteiger partial charge on any atom is -0.330 e. The number of nitrogens with zero attached hydrogens (tertiary/aromatic N) is 1. The van der Waals surface area contributed by atoms with Crippen molar-refractivity contribution in [3.63, 3.8) is 0 Å². The summed E-state index contributed by atoms with van der Waals surface area (Å²) in [5.74, 6) is 2.86. The number of piperidine rings is 1. The highest BCUT2D eigenvalue weighted by Gasteiger charge is 2.24. The molecule has 2 aliphatic rings. The Bertz CT molecular complexity index is 207. The van der Waals surface area contributed by atoms with E-state index in [1.54, 1.807) is 0 Å². The first-order valence-electron chi connectivity index (χ1n) is 7.70. The third kappa shape index (κ3) is 4.26. The molecule has 0 spiro atoms. The van der Waals surface area contributed by atoms with E-state index in [4.69, 9.17) is 5.73 Å². The van der Waals surface area contributed by atoms with Gasteiger partial charge in [0.2, 0.25) is 0 Å². The van der Waals surface area contributed by atoms with Crippen molar-refractivity contribution < 1.29 is 0 Å². The van der Waals surface area contributed by atoms with Gasteiger partial charge in [0.1, 0.15) is 0 Å². The number of hydrogen-bond acceptors (Lipinski definition) is 2. The van der Waals surface area contributed by atoms with Gasteiger partial charge in [-0.2, -0.15) is 0 Å². The van der Waals surface area contributed by atoms with E-state index < -0.39 is 0 Å². The second-order valence-electron chi connectivity index (χ2n) is 6.47. The highest BCUT2D eigenvalue weighted by molar-refractivity contribution is 4.78. The third-order valence-corrected chi connectivity index (χ3v) is 4.83. The van der Waals surface area contributed by atoms with Crippen LogP contribution in [-0.2, 0) is 0 Å². The number of nitrogens with two attached hydrogens (primary N) is 1. The molecule has 0 aromatic carbocycles. The summed E-state index contributed by atoms with van der Waals surface area (Å²) in [4.78, 5) is 2.73. The smallest absolute Gasteiger partial charge is 0.00103 e. The Balaban J connectivity index is 1.71. The lowest BCUT2D eigenvalue weighted by Crippen LogP contribution is -2.39. The van der Waals surface area contributed by atoms with E-state index in [0.717, 1.165) is 24.3 Å². The van der Waals surface area contributed by atoms with Crippen LogP contribution in [0.5, 0.6) is 0 Å². The van der Waals surface area contributed by atoms with Crippen LogP contribution in [0, 0.1) is 17.8 Å². The van der Waals surface area contributed by atoms with Crippen LogP contribution in [0.2, 0.25) is 0 Å². The topological polar surface area (TPSA) is 29.3 Å². The Hall–Kier alpha value is -0.0800. The maximum absolute atomic E-state index is 5.69. The highest BCUT2D eigenvalue weighted by atomic mass is 15.1. The molecule has 1 heterocycles. The van der Waals surface area contributed by atoms with Crippen molar-refractivity contribution in [1.82, 2.24) is 4.90 Å². The normalized spacial score (nSPS) is 36.0. The van der Waals surface area contributed by atoms with Gasteiger partial charge in [0.15, 0.2) is 0 Å². The van der Waals surface area contributed by atoms with E-state index in [-0.39, 0.29) is 0 Å². The predicted molar refractivity (Wildman–Crippen MR) is 74.0 cm³/mol. The molecule has 2 nitrogen and oxygen atoms in total. The summed E-state index contributed by atoms with van der Waals surface area (Å²) in [6.07, 6.45) is 9.91. The monoisotopic (exact) mass is 238 g/mol. The van der Waals surface area contributed by atoms with Crippen LogP contribution in [0.4, 0.5) is 0 Å². The Labute approximate surface area is 107 Å². The average Bonchev–Trinajstić information content (AvgIpc) is 2.33. The van der Waals surface area contributed by atoms with Crippen molar-refractivity contribution >= 4 is 0 Å². The number of rotatable bonds is 4. The SMILES string of the molecule is CC1CCC(CN2CCCC(CCN)C2)CC1. The van der Waals surface area contributed by atoms with Crippen LogP contribution >= 0.6 is 0 Å². The average molecular weight is 238 g/mol. The molecule has 0 bridgehead atoms. The van der Waals surface area contributed by atoms with E-state index >= 15 is 0 Å². The van der Waals surface area contributed by atoms with Gasteiger partial charge in [-0.3, -0.25) is 0 Å². The molecule has 0 amide bonds. The van der Waals surface area contributed by atoms with Crippen molar-refractivity contribution in [2.24, 2.45) is 23.5 Å². The first-order valence-corrected chi connectivity index (χ1v) is 7.70. The first kappa shape index (κ1) is 13.4. The summed E-state index contributed by atoms with van der Waals surface area (Å²) in [6, 6.07) is 0. The zero-order chi connectivity index (χ0) is 12.1. The van der Waals surface area contributed by atoms with Gasteiger partial charge >= 0.3 is 0 Å². The molecule has 1 saturated carbocycles. The van der Waals surface area contributed by atoms with E-state index in [1.165, 1.54) is 64.6 Å². The first-order chi connectivity index (χ1) is 8.28. The van der Waals surface area contributed by atoms with Gasteiger partial charge in [-0.1, -0.05) is 19.8 Å². The second-order valence-corrected chi connectivity index (χ2v) is 6.47. The minimum atomic E-state index is 0.874. The lowest BCUT2D eigenvalue weighted by Gasteiger charge is -2.36. The number of likely N-dealkylation sites (tertiary alicyclic amines) is 1. The Morgan fingerprint density at radius 2 is 1.82 bits per heavy atom. The Morgan fingerprint density at radius 1 is 1.06 bits per heavy atom. The van der Waals surface area contributed by atoms with Gasteiger partial charge in [0, 0.05) is 13.1 Å². The van der Waals surface area contributed by atoms with Gasteiger partial charge in [-0.15, -0.1) is 0 Å². The van der Waals surface area contributed by atoms with E-state index in [1.807, 2.05) is 0 Å². The van der Waals surface area contributed by atoms with Gasteiger partial charge in [0.25, 0.3) is 0 Å². The summed E-state index contributed by atoms with van der Waals surface area (Å²) in [6.45, 7) is 7.32. The molecule has 1 unspecified atom stereocenters. The van der Waals surface area contributed by atoms with Crippen LogP contribution in [-0.4, -0.2) is 31.1 Å². The molecule has 17 heavy (non-hydrogen) atoms. The molecule has 1 aliphatic heterocycles. The fraction of sp³-hybridized carbons (Fsp3) is 1.00. The molecular weight excluding hydrogens is 208 g/mol. The quantitative estimate of drug-likeness (QED) is 0.816. The van der Waals surface area contributed by atoms with Crippen molar-refractivity contribution in [2.75, 3.05) is 26.2 Å². The predicted octanol–water partition coefficient (Wildman–Crippen LogP) is 2.87. The summed E-state index contributed by atoms with van der Waals surface area (Å²) < 4.78 is 0. The standard InChI is InChI=1S/C15H30N2/c1-13-4-6-15(7-5-13)12-17-10-2-3-14(11-17)8-9-16/h13-15H,2-12,16H2,1H3. The number of hydrogen-bond donors (Lipinski definition) is 1. The van der Waals surface area contributed by atoms with Gasteiger partial charge in [-0.25, -0.2) is 0 Å². The van der Waals surface area contributed by atoms with Crippen molar-refractivity contribution in [3.05, 3.63) is 0 Å². The van der Waals surface area contributed by atoms with Gasteiger partial charge in [-0.05, 0) is 62.9 Å². The van der Waals surface area contributed by atoms with Crippen molar-refractivity contribution in [1.29, 1.82) is 0 Å². The van der Waals surface area contributed by atoms with E-state index in [0.29, 0.717) is 0 Å². The lowest BCUT2D eigenvalue weighted by atomic mass is 9.82. The third-order valence-electron chi connectivity index (χ3n) is 4.83. The molecule has 2 N–H and O–H groups in total. The fourth-order valence-corrected chi connectivity index (χ4v) is 3.67. The fourth-order valence-electron chi connectivity index (χ4n) is 3.67. The molecule has 0 radical (unpaired) electrons. The molecular formula is C15H30N2. The van der Waals surface area contributed by atoms with E-state index in [9.17, 15) is 0 Å². The zero-order valence-electron chi connectivity index (χ0n) is 11.5. The Morgan fingerprint density at radius 3 is 2.53 bits per heavy atom. The molecule has 2 fully saturated rings. The summed E-state index contributed by atoms with van der Waals surface area (Å²) in [5, 5.41) is 0. The summed E-state index contributed by atoms with van der Waals surface area (Å²) in [7, 11) is 0. The molecule has 0 aromatic heterocycles. The van der Waals surface area contributed by atoms with Gasteiger partial charge in [0.05, 0.1) is 0 Å². The zero-order valence-corrected chi connectivity index (χ0v) is 11.5. The minimum absolute atomic E-state index is 0.874. The maximum atomic E-state index is 5.69. The van der Waals surface area contributed by atoms with Crippen LogP contribution < -0.4 is 5.73 Å². The molecule has 1 aliphatic carbocycles. The van der Waals surface area contributed by atoms with Crippen LogP contribution in [0.15, 0.2) is 0 Å². The molecule has 1 saturated heterocycles. The second kappa shape index (κ2) is 6.75. The highest BCUT2D eigenvalue weighted by Crippen LogP contribution is 2.30. The maximum Gasteiger partial charge on any atom is 0.00103 e. The van der Waals surface area contributed by atoms with Crippen molar-refractivity contribution in [2.45, 2.75) is 51.9 Å². The van der Waals surface area contributed by atoms with E-state index in [2.05, 4.69) is 11.8 Å². The molecule has 2 heteroatoms. The molecule has 1 atom stereocenters. The molecule has 100 valence electrons. The lowest BCUT2D eigenvalue weighted by molar-refractivity contribution is 0.128. The summed E-state index contributed by atoms with van der Waals surface area (Å²) >= 11 is 0. The molecule has 2 rings (SSSR count). The Kier molecular flexibility index (Phi) is 5.30. The van der Waals surface area contributed by atoms with Crippen LogP contribution in [0.3, 0.4) is 0 Å². The van der Waals surface area contributed by atoms with Gasteiger partial charge < -0.3 is 10.6 Å². The van der Waals surface area contributed by atoms with Crippen LogP contribution in [0.1, 0.15) is 51.9 Å². The van der Waals surface area contributed by atoms with Crippen molar-refractivity contribution in [3.8, 4) is 0 Å². The van der Waals surface area contributed by atoms with Crippen LogP contribution in [0.25, 0.3) is 0 Å². The molecule has 0 aromatic rings.